The lowest BCUT2D eigenvalue weighted by molar-refractivity contribution is 0.388. The molecule has 1 aliphatic rings. The van der Waals surface area contributed by atoms with Gasteiger partial charge in [-0.1, -0.05) is 43.2 Å². The van der Waals surface area contributed by atoms with E-state index in [1.165, 1.54) is 24.0 Å². The summed E-state index contributed by atoms with van der Waals surface area (Å²) in [6.45, 7) is 12.4. The molecule has 2 unspecified atom stereocenters. The van der Waals surface area contributed by atoms with Gasteiger partial charge in [-0.3, -0.25) is 0 Å². The van der Waals surface area contributed by atoms with Gasteiger partial charge < -0.3 is 5.32 Å². The molecular weight excluding hydrogens is 218 g/mol. The van der Waals surface area contributed by atoms with E-state index in [4.69, 9.17) is 0 Å². The highest BCUT2D eigenvalue weighted by Gasteiger charge is 2.53. The van der Waals surface area contributed by atoms with Gasteiger partial charge >= 0.3 is 0 Å². The monoisotopic (exact) mass is 245 g/mol. The summed E-state index contributed by atoms with van der Waals surface area (Å²) in [5.41, 5.74) is 3.52. The molecule has 18 heavy (non-hydrogen) atoms. The van der Waals surface area contributed by atoms with E-state index in [-0.39, 0.29) is 5.54 Å². The molecule has 0 radical (unpaired) electrons. The molecule has 0 amide bonds. The number of benzene rings is 1. The summed E-state index contributed by atoms with van der Waals surface area (Å²) in [7, 11) is 0. The van der Waals surface area contributed by atoms with E-state index in [9.17, 15) is 0 Å². The number of hydrogen-bond donors (Lipinski definition) is 1. The van der Waals surface area contributed by atoms with Crippen LogP contribution >= 0.6 is 0 Å². The van der Waals surface area contributed by atoms with E-state index in [1.54, 1.807) is 0 Å². The first-order valence-corrected chi connectivity index (χ1v) is 7.19. The summed E-state index contributed by atoms with van der Waals surface area (Å²) in [6, 6.07) is 9.08. The Morgan fingerprint density at radius 1 is 1.33 bits per heavy atom. The van der Waals surface area contributed by atoms with E-state index in [1.807, 2.05) is 0 Å². The van der Waals surface area contributed by atoms with Gasteiger partial charge in [0.15, 0.2) is 0 Å². The van der Waals surface area contributed by atoms with Gasteiger partial charge in [-0.25, -0.2) is 0 Å². The molecule has 100 valence electrons. The highest BCUT2D eigenvalue weighted by molar-refractivity contribution is 5.37. The molecule has 1 nitrogen and oxygen atoms in total. The number of aryl methyl sites for hydroxylation is 1. The minimum absolute atomic E-state index is 0.206. The maximum absolute atomic E-state index is 3.71. The molecule has 0 heterocycles. The van der Waals surface area contributed by atoms with Crippen molar-refractivity contribution in [2.45, 2.75) is 58.4 Å². The van der Waals surface area contributed by atoms with Crippen LogP contribution in [-0.2, 0) is 5.41 Å². The molecule has 0 aromatic heterocycles. The maximum atomic E-state index is 3.71. The smallest absolute Gasteiger partial charge is 0.0109 e. The summed E-state index contributed by atoms with van der Waals surface area (Å²) in [5, 5.41) is 3.71. The van der Waals surface area contributed by atoms with Crippen LogP contribution in [0.3, 0.4) is 0 Å². The van der Waals surface area contributed by atoms with Crippen LogP contribution in [0, 0.1) is 12.8 Å². The van der Waals surface area contributed by atoms with E-state index in [2.05, 4.69) is 64.2 Å². The van der Waals surface area contributed by atoms with Gasteiger partial charge in [0.2, 0.25) is 0 Å². The lowest BCUT2D eigenvalue weighted by Gasteiger charge is -2.26. The Kier molecular flexibility index (Phi) is 3.55. The summed E-state index contributed by atoms with van der Waals surface area (Å²) in [5.74, 6) is 0.856. The van der Waals surface area contributed by atoms with Crippen LogP contribution in [-0.4, -0.2) is 12.1 Å². The second-order valence-electron chi connectivity index (χ2n) is 6.94. The summed E-state index contributed by atoms with van der Waals surface area (Å²) in [4.78, 5) is 0. The van der Waals surface area contributed by atoms with Crippen LogP contribution in [0.25, 0.3) is 0 Å². The molecule has 0 spiro atoms. The molecule has 1 aliphatic carbocycles. The molecule has 1 aromatic rings. The highest BCUT2D eigenvalue weighted by atomic mass is 15.0. The van der Waals surface area contributed by atoms with E-state index >= 15 is 0 Å². The van der Waals surface area contributed by atoms with Crippen molar-refractivity contribution in [1.82, 2.24) is 5.32 Å². The summed E-state index contributed by atoms with van der Waals surface area (Å²) in [6.07, 6.45) is 2.63. The van der Waals surface area contributed by atoms with Crippen molar-refractivity contribution in [2.24, 2.45) is 5.92 Å². The number of hydrogen-bond acceptors (Lipinski definition) is 1. The predicted molar refractivity (Wildman–Crippen MR) is 79.0 cm³/mol. The van der Waals surface area contributed by atoms with Gasteiger partial charge in [-0.05, 0) is 45.6 Å². The normalized spacial score (nSPS) is 27.3. The fraction of sp³-hybridized carbons (Fsp3) is 0.647. The van der Waals surface area contributed by atoms with Crippen molar-refractivity contribution in [2.75, 3.05) is 6.54 Å². The predicted octanol–water partition coefficient (Wildman–Crippen LogP) is 4.05. The lowest BCUT2D eigenvalue weighted by Crippen LogP contribution is -2.41. The molecule has 1 N–H and O–H groups in total. The van der Waals surface area contributed by atoms with E-state index in [0.29, 0.717) is 5.41 Å². The largest absolute Gasteiger partial charge is 0.311 e. The van der Waals surface area contributed by atoms with Crippen molar-refractivity contribution in [3.63, 3.8) is 0 Å². The fourth-order valence-corrected chi connectivity index (χ4v) is 2.97. The standard InChI is InChI=1S/C17H27N/c1-6-14-11-17(14,12-18-16(3,4)5)15-9-7-8-13(2)10-15/h7-10,14,18H,6,11-12H2,1-5H3. The average molecular weight is 245 g/mol. The zero-order valence-corrected chi connectivity index (χ0v) is 12.5. The minimum atomic E-state index is 0.206. The third-order valence-electron chi connectivity index (χ3n) is 4.25. The zero-order chi connectivity index (χ0) is 13.4. The van der Waals surface area contributed by atoms with E-state index in [0.717, 1.165) is 12.5 Å². The van der Waals surface area contributed by atoms with Gasteiger partial charge in [0.25, 0.3) is 0 Å². The van der Waals surface area contributed by atoms with Crippen molar-refractivity contribution >= 4 is 0 Å². The summed E-state index contributed by atoms with van der Waals surface area (Å²) >= 11 is 0. The molecule has 1 heteroatoms. The molecule has 0 aliphatic heterocycles. The Morgan fingerprint density at radius 2 is 2.06 bits per heavy atom. The first-order chi connectivity index (χ1) is 8.37. The third-order valence-corrected chi connectivity index (χ3v) is 4.25. The average Bonchev–Trinajstić information content (AvgIpc) is 3.01. The quantitative estimate of drug-likeness (QED) is 0.844. The molecule has 1 fully saturated rings. The molecule has 0 bridgehead atoms. The Morgan fingerprint density at radius 3 is 2.56 bits per heavy atom. The first kappa shape index (κ1) is 13.6. The molecule has 2 rings (SSSR count). The van der Waals surface area contributed by atoms with Crippen molar-refractivity contribution in [3.8, 4) is 0 Å². The Labute approximate surface area is 112 Å². The molecular formula is C17H27N. The maximum Gasteiger partial charge on any atom is 0.0109 e. The topological polar surface area (TPSA) is 12.0 Å². The van der Waals surface area contributed by atoms with Crippen molar-refractivity contribution in [1.29, 1.82) is 0 Å². The van der Waals surface area contributed by atoms with Gasteiger partial charge in [0.05, 0.1) is 0 Å². The Hall–Kier alpha value is -0.820. The van der Waals surface area contributed by atoms with Crippen molar-refractivity contribution < 1.29 is 0 Å². The van der Waals surface area contributed by atoms with Gasteiger partial charge in [0, 0.05) is 17.5 Å². The SMILES string of the molecule is CCC1CC1(CNC(C)(C)C)c1cccc(C)c1. The lowest BCUT2D eigenvalue weighted by atomic mass is 9.90. The zero-order valence-electron chi connectivity index (χ0n) is 12.5. The molecule has 2 atom stereocenters. The minimum Gasteiger partial charge on any atom is -0.311 e. The Bertz CT molecular complexity index is 416. The van der Waals surface area contributed by atoms with Crippen LogP contribution in [0.5, 0.6) is 0 Å². The van der Waals surface area contributed by atoms with Crippen LogP contribution < -0.4 is 5.32 Å². The Balaban J connectivity index is 2.18. The van der Waals surface area contributed by atoms with Crippen LogP contribution in [0.1, 0.15) is 51.7 Å². The van der Waals surface area contributed by atoms with Crippen molar-refractivity contribution in [3.05, 3.63) is 35.4 Å². The van der Waals surface area contributed by atoms with Crippen LogP contribution in [0.4, 0.5) is 0 Å². The summed E-state index contributed by atoms with van der Waals surface area (Å²) < 4.78 is 0. The second-order valence-corrected chi connectivity index (χ2v) is 6.94. The number of nitrogens with one attached hydrogen (secondary N) is 1. The van der Waals surface area contributed by atoms with Gasteiger partial charge in [-0.2, -0.15) is 0 Å². The molecule has 1 saturated carbocycles. The fourth-order valence-electron chi connectivity index (χ4n) is 2.97. The molecule has 1 aromatic carbocycles. The number of rotatable bonds is 4. The van der Waals surface area contributed by atoms with Crippen LogP contribution in [0.15, 0.2) is 24.3 Å². The second kappa shape index (κ2) is 4.70. The van der Waals surface area contributed by atoms with Gasteiger partial charge in [-0.15, -0.1) is 0 Å². The highest BCUT2D eigenvalue weighted by Crippen LogP contribution is 2.55. The van der Waals surface area contributed by atoms with Gasteiger partial charge in [0.1, 0.15) is 0 Å². The third kappa shape index (κ3) is 2.77. The van der Waals surface area contributed by atoms with E-state index < -0.39 is 0 Å². The van der Waals surface area contributed by atoms with Crippen LogP contribution in [0.2, 0.25) is 0 Å². The first-order valence-electron chi connectivity index (χ1n) is 7.19. The molecule has 0 saturated heterocycles.